The molecule has 0 fully saturated rings. The van der Waals surface area contributed by atoms with Crippen LogP contribution in [0.15, 0.2) is 34.3 Å². The van der Waals surface area contributed by atoms with Crippen molar-refractivity contribution in [1.29, 1.82) is 0 Å². The number of benzene rings is 1. The Labute approximate surface area is 115 Å². The van der Waals surface area contributed by atoms with Gasteiger partial charge < -0.3 is 5.11 Å². The van der Waals surface area contributed by atoms with Crippen molar-refractivity contribution in [3.05, 3.63) is 46.8 Å². The first-order valence-electron chi connectivity index (χ1n) is 5.80. The van der Waals surface area contributed by atoms with Crippen molar-refractivity contribution in [2.24, 2.45) is 0 Å². The molecular formula is C14H14N2O2S. The van der Waals surface area contributed by atoms with Crippen molar-refractivity contribution < 1.29 is 9.90 Å². The van der Waals surface area contributed by atoms with E-state index >= 15 is 0 Å². The Morgan fingerprint density at radius 1 is 1.11 bits per heavy atom. The van der Waals surface area contributed by atoms with Gasteiger partial charge in [-0.2, -0.15) is 0 Å². The summed E-state index contributed by atoms with van der Waals surface area (Å²) in [6, 6.07) is 7.16. The van der Waals surface area contributed by atoms with E-state index in [1.54, 1.807) is 19.1 Å². The predicted molar refractivity (Wildman–Crippen MR) is 73.8 cm³/mol. The average molecular weight is 274 g/mol. The number of carboxylic acids is 1. The SMILES string of the molecule is Cc1cc(C)nc(Sc2ccc(C(=O)O)c(C)c2)n1. The topological polar surface area (TPSA) is 63.1 Å². The first-order valence-corrected chi connectivity index (χ1v) is 6.61. The van der Waals surface area contributed by atoms with Crippen LogP contribution in [0, 0.1) is 20.8 Å². The molecule has 1 N–H and O–H groups in total. The first kappa shape index (κ1) is 13.5. The Morgan fingerprint density at radius 2 is 1.74 bits per heavy atom. The zero-order chi connectivity index (χ0) is 14.0. The standard InChI is InChI=1S/C14H14N2O2S/c1-8-6-11(4-5-12(8)13(17)18)19-14-15-9(2)7-10(3)16-14/h4-7H,1-3H3,(H,17,18). The predicted octanol–water partition coefficient (Wildman–Crippen LogP) is 3.25. The summed E-state index contributed by atoms with van der Waals surface area (Å²) < 4.78 is 0. The second-order valence-corrected chi connectivity index (χ2v) is 5.36. The molecule has 0 radical (unpaired) electrons. The lowest BCUT2D eigenvalue weighted by Gasteiger charge is -2.05. The third-order valence-electron chi connectivity index (χ3n) is 2.60. The van der Waals surface area contributed by atoms with Crippen LogP contribution < -0.4 is 0 Å². The van der Waals surface area contributed by atoms with Crippen molar-refractivity contribution in [3.8, 4) is 0 Å². The van der Waals surface area contributed by atoms with Crippen LogP contribution in [-0.2, 0) is 0 Å². The first-order chi connectivity index (χ1) is 8.95. The van der Waals surface area contributed by atoms with Gasteiger partial charge in [0.25, 0.3) is 0 Å². The molecule has 1 aromatic heterocycles. The highest BCUT2D eigenvalue weighted by Gasteiger charge is 2.09. The van der Waals surface area contributed by atoms with E-state index in [9.17, 15) is 4.79 Å². The van der Waals surface area contributed by atoms with Gasteiger partial charge in [-0.15, -0.1) is 0 Å². The lowest BCUT2D eigenvalue weighted by molar-refractivity contribution is 0.0696. The van der Waals surface area contributed by atoms with E-state index in [1.165, 1.54) is 11.8 Å². The van der Waals surface area contributed by atoms with E-state index in [4.69, 9.17) is 5.11 Å². The van der Waals surface area contributed by atoms with Crippen LogP contribution in [0.1, 0.15) is 27.3 Å². The molecule has 0 spiro atoms. The zero-order valence-corrected chi connectivity index (χ0v) is 11.8. The van der Waals surface area contributed by atoms with E-state index < -0.39 is 5.97 Å². The van der Waals surface area contributed by atoms with Crippen molar-refractivity contribution >= 4 is 17.7 Å². The number of aromatic nitrogens is 2. The van der Waals surface area contributed by atoms with Gasteiger partial charge in [0.05, 0.1) is 5.56 Å². The highest BCUT2D eigenvalue weighted by Crippen LogP contribution is 2.26. The molecule has 0 atom stereocenters. The van der Waals surface area contributed by atoms with E-state index in [0.717, 1.165) is 21.8 Å². The molecule has 1 heterocycles. The number of aromatic carboxylic acids is 1. The van der Waals surface area contributed by atoms with Crippen molar-refractivity contribution in [3.63, 3.8) is 0 Å². The fourth-order valence-corrected chi connectivity index (χ4v) is 2.75. The van der Waals surface area contributed by atoms with Crippen LogP contribution in [0.3, 0.4) is 0 Å². The number of rotatable bonds is 3. The number of nitrogens with zero attached hydrogens (tertiary/aromatic N) is 2. The van der Waals surface area contributed by atoms with Crippen LogP contribution >= 0.6 is 11.8 Å². The summed E-state index contributed by atoms with van der Waals surface area (Å²) in [5, 5.41) is 9.67. The number of hydrogen-bond donors (Lipinski definition) is 1. The summed E-state index contributed by atoms with van der Waals surface area (Å²) in [7, 11) is 0. The molecule has 19 heavy (non-hydrogen) atoms. The molecule has 0 bridgehead atoms. The quantitative estimate of drug-likeness (QED) is 0.870. The monoisotopic (exact) mass is 274 g/mol. The van der Waals surface area contributed by atoms with Crippen molar-refractivity contribution in [2.45, 2.75) is 30.8 Å². The highest BCUT2D eigenvalue weighted by atomic mass is 32.2. The van der Waals surface area contributed by atoms with E-state index in [1.807, 2.05) is 26.0 Å². The van der Waals surface area contributed by atoms with Gasteiger partial charge in [-0.25, -0.2) is 14.8 Å². The van der Waals surface area contributed by atoms with Gasteiger partial charge in [0.15, 0.2) is 5.16 Å². The Morgan fingerprint density at radius 3 is 2.26 bits per heavy atom. The molecular weight excluding hydrogens is 260 g/mol. The Balaban J connectivity index is 2.28. The lowest BCUT2D eigenvalue weighted by atomic mass is 10.1. The molecule has 2 rings (SSSR count). The number of carboxylic acid groups (broad SMARTS) is 1. The maximum atomic E-state index is 10.9. The fourth-order valence-electron chi connectivity index (χ4n) is 1.78. The van der Waals surface area contributed by atoms with Gasteiger partial charge >= 0.3 is 5.97 Å². The molecule has 5 heteroatoms. The molecule has 0 aliphatic rings. The van der Waals surface area contributed by atoms with Gasteiger partial charge in [0, 0.05) is 16.3 Å². The van der Waals surface area contributed by atoms with E-state index in [0.29, 0.717) is 10.7 Å². The van der Waals surface area contributed by atoms with Crippen LogP contribution in [-0.4, -0.2) is 21.0 Å². The van der Waals surface area contributed by atoms with Gasteiger partial charge in [-0.3, -0.25) is 0 Å². The molecule has 2 aromatic rings. The summed E-state index contributed by atoms with van der Waals surface area (Å²) in [5.41, 5.74) is 2.91. The zero-order valence-electron chi connectivity index (χ0n) is 11.0. The molecule has 98 valence electrons. The lowest BCUT2D eigenvalue weighted by Crippen LogP contribution is -1.99. The Kier molecular flexibility index (Phi) is 3.85. The second-order valence-electron chi connectivity index (χ2n) is 4.32. The molecule has 1 aromatic carbocycles. The maximum absolute atomic E-state index is 10.9. The summed E-state index contributed by atoms with van der Waals surface area (Å²) in [5.74, 6) is -0.906. The third-order valence-corrected chi connectivity index (χ3v) is 3.45. The van der Waals surface area contributed by atoms with Crippen molar-refractivity contribution in [2.75, 3.05) is 0 Å². The molecule has 0 aliphatic carbocycles. The van der Waals surface area contributed by atoms with E-state index in [-0.39, 0.29) is 0 Å². The number of aryl methyl sites for hydroxylation is 3. The van der Waals surface area contributed by atoms with E-state index in [2.05, 4.69) is 9.97 Å². The summed E-state index contributed by atoms with van der Waals surface area (Å²) in [6.07, 6.45) is 0. The average Bonchev–Trinajstić information content (AvgIpc) is 2.26. The van der Waals surface area contributed by atoms with Crippen LogP contribution in [0.4, 0.5) is 0 Å². The van der Waals surface area contributed by atoms with Gasteiger partial charge in [0.1, 0.15) is 0 Å². The van der Waals surface area contributed by atoms with Crippen LogP contribution in [0.25, 0.3) is 0 Å². The molecule has 0 aliphatic heterocycles. The largest absolute Gasteiger partial charge is 0.478 e. The molecule has 0 saturated heterocycles. The highest BCUT2D eigenvalue weighted by molar-refractivity contribution is 7.99. The minimum atomic E-state index is -0.906. The fraction of sp³-hybridized carbons (Fsp3) is 0.214. The molecule has 0 unspecified atom stereocenters. The maximum Gasteiger partial charge on any atom is 0.335 e. The molecule has 0 amide bonds. The summed E-state index contributed by atoms with van der Waals surface area (Å²) >= 11 is 1.44. The summed E-state index contributed by atoms with van der Waals surface area (Å²) in [6.45, 7) is 5.64. The second kappa shape index (κ2) is 5.40. The number of carbonyl (C=O) groups is 1. The Bertz CT molecular complexity index is 621. The molecule has 0 saturated carbocycles. The van der Waals surface area contributed by atoms with Gasteiger partial charge in [0.2, 0.25) is 0 Å². The summed E-state index contributed by atoms with van der Waals surface area (Å²) in [4.78, 5) is 20.6. The minimum Gasteiger partial charge on any atom is -0.478 e. The Hall–Kier alpha value is -1.88. The number of hydrogen-bond acceptors (Lipinski definition) is 4. The molecule has 4 nitrogen and oxygen atoms in total. The third kappa shape index (κ3) is 3.32. The normalized spacial score (nSPS) is 10.5. The minimum absolute atomic E-state index is 0.325. The van der Waals surface area contributed by atoms with Gasteiger partial charge in [-0.1, -0.05) is 0 Å². The smallest absolute Gasteiger partial charge is 0.335 e. The van der Waals surface area contributed by atoms with Crippen LogP contribution in [0.5, 0.6) is 0 Å². The van der Waals surface area contributed by atoms with Crippen molar-refractivity contribution in [1.82, 2.24) is 9.97 Å². The van der Waals surface area contributed by atoms with Crippen LogP contribution in [0.2, 0.25) is 0 Å². The van der Waals surface area contributed by atoms with Gasteiger partial charge in [-0.05, 0) is 62.4 Å².